The molecule has 1 aliphatic rings. The molecular weight excluding hydrogens is 750 g/mol. The number of ether oxygens (including phenoxy) is 1. The highest BCUT2D eigenvalue weighted by Crippen LogP contribution is 2.39. The van der Waals surface area contributed by atoms with Gasteiger partial charge in [0.25, 0.3) is 0 Å². The second-order valence-corrected chi connectivity index (χ2v) is 11.1. The number of alkyl halides is 7. The Kier molecular flexibility index (Phi) is 9.78. The molecule has 1 aliphatic heterocycles. The largest absolute Gasteiger partial charge is 0.491 e. The number of esters is 2. The first kappa shape index (κ1) is 34.4. The van der Waals surface area contributed by atoms with Gasteiger partial charge in [-0.25, -0.2) is 14.2 Å². The number of fused-ring (bicyclic) bond motifs is 1. The number of rotatable bonds is 8. The molecule has 6 N–H and O–H groups in total. The van der Waals surface area contributed by atoms with E-state index in [0.717, 1.165) is 29.1 Å². The summed E-state index contributed by atoms with van der Waals surface area (Å²) in [7, 11) is 0. The number of halogens is 8. The fraction of sp³-hybridized carbons (Fsp3) is 0.308. The minimum Gasteiger partial charge on any atom is -0.386 e. The number of guanidine groups is 1. The van der Waals surface area contributed by atoms with Crippen LogP contribution < -0.4 is 22.1 Å². The van der Waals surface area contributed by atoms with Crippen LogP contribution in [0.5, 0.6) is 0 Å². The molecule has 0 bridgehead atoms. The van der Waals surface area contributed by atoms with E-state index in [4.69, 9.17) is 11.5 Å². The van der Waals surface area contributed by atoms with Crippen LogP contribution in [0.4, 0.5) is 36.4 Å². The Labute approximate surface area is 266 Å². The van der Waals surface area contributed by atoms with Gasteiger partial charge in [-0.3, -0.25) is 19.1 Å². The molecule has 12 nitrogen and oxygen atoms in total. The van der Waals surface area contributed by atoms with E-state index >= 15 is 0 Å². The monoisotopic (exact) mass is 771 g/mol. The van der Waals surface area contributed by atoms with E-state index in [-0.39, 0.29) is 44.8 Å². The third kappa shape index (κ3) is 7.83. The average Bonchev–Trinajstić information content (AvgIpc) is 3.36. The predicted molar refractivity (Wildman–Crippen MR) is 154 cm³/mol. The van der Waals surface area contributed by atoms with E-state index in [1.165, 1.54) is 28.7 Å². The number of nitrogens with zero attached hydrogens (tertiary/aromatic N) is 3. The number of nitrogens with one attached hydrogen (secondary N) is 2. The molecule has 0 aliphatic carbocycles. The Bertz CT molecular complexity index is 1740. The molecule has 2 heterocycles. The number of hydrogen-bond acceptors (Lipinski definition) is 9. The second kappa shape index (κ2) is 13.1. The lowest BCUT2D eigenvalue weighted by Crippen LogP contribution is -2.41. The van der Waals surface area contributed by atoms with Crippen LogP contribution in [0.2, 0.25) is 0 Å². The van der Waals surface area contributed by atoms with E-state index in [0.29, 0.717) is 6.07 Å². The Hall–Kier alpha value is -4.50. The molecule has 0 fully saturated rings. The molecule has 1 aromatic heterocycles. The van der Waals surface area contributed by atoms with Gasteiger partial charge in [0, 0.05) is 20.4 Å². The second-order valence-electron chi connectivity index (χ2n) is 9.89. The van der Waals surface area contributed by atoms with Crippen LogP contribution >= 0.6 is 22.6 Å². The van der Waals surface area contributed by atoms with Crippen molar-refractivity contribution in [3.05, 3.63) is 56.8 Å². The van der Waals surface area contributed by atoms with Crippen LogP contribution in [0.3, 0.4) is 0 Å². The van der Waals surface area contributed by atoms with Crippen molar-refractivity contribution in [1.82, 2.24) is 15.1 Å². The first-order valence-electron chi connectivity index (χ1n) is 12.8. The number of aliphatic imine (C=N–C) groups is 1. The van der Waals surface area contributed by atoms with Gasteiger partial charge in [0.2, 0.25) is 11.8 Å². The van der Waals surface area contributed by atoms with Crippen molar-refractivity contribution in [2.45, 2.75) is 36.9 Å². The van der Waals surface area contributed by atoms with Gasteiger partial charge in [-0.2, -0.15) is 31.4 Å². The van der Waals surface area contributed by atoms with Crippen LogP contribution in [0.25, 0.3) is 10.9 Å². The molecule has 2 unspecified atom stereocenters. The predicted octanol–water partition coefficient (Wildman–Crippen LogP) is 3.30. The van der Waals surface area contributed by atoms with E-state index < -0.39 is 71.8 Å². The molecule has 4 rings (SSSR count). The Morgan fingerprint density at radius 2 is 1.78 bits per heavy atom. The van der Waals surface area contributed by atoms with Crippen molar-refractivity contribution in [2.24, 2.45) is 16.5 Å². The number of benzene rings is 2. The number of nitrogens with two attached hydrogens (primary N) is 2. The smallest absolute Gasteiger partial charge is 0.386 e. The molecule has 3 atom stereocenters. The van der Waals surface area contributed by atoms with Crippen LogP contribution in [0.1, 0.15) is 39.9 Å². The minimum atomic E-state index is -5.59. The first-order chi connectivity index (χ1) is 21.3. The van der Waals surface area contributed by atoms with Gasteiger partial charge in [-0.1, -0.05) is 0 Å². The average molecular weight is 771 g/mol. The summed E-state index contributed by atoms with van der Waals surface area (Å²) in [5.41, 5.74) is 9.35. The van der Waals surface area contributed by atoms with Gasteiger partial charge >= 0.3 is 24.3 Å². The molecule has 0 radical (unpaired) electrons. The Balaban J connectivity index is 1.89. The first-order valence-corrected chi connectivity index (χ1v) is 13.9. The topological polar surface area (TPSA) is 184 Å². The van der Waals surface area contributed by atoms with Crippen LogP contribution in [0, 0.1) is 3.57 Å². The maximum Gasteiger partial charge on any atom is 0.491 e. The molecule has 2 amide bonds. The van der Waals surface area contributed by atoms with Crippen LogP contribution in [-0.2, 0) is 25.3 Å². The van der Waals surface area contributed by atoms with E-state index in [9.17, 15) is 49.9 Å². The normalized spacial score (nSPS) is 16.6. The highest BCUT2D eigenvalue weighted by Gasteiger charge is 2.44. The number of anilines is 1. The molecular formula is C26H21F7IN7O5. The number of aromatic nitrogens is 2. The zero-order chi connectivity index (χ0) is 34.1. The van der Waals surface area contributed by atoms with E-state index in [1.807, 2.05) is 0 Å². The van der Waals surface area contributed by atoms with Gasteiger partial charge in [0.15, 0.2) is 5.96 Å². The quantitative estimate of drug-likeness (QED) is 0.116. The summed E-state index contributed by atoms with van der Waals surface area (Å²) in [5, 5.41) is 9.78. The minimum absolute atomic E-state index is 0.0421. The van der Waals surface area contributed by atoms with Crippen LogP contribution in [0.15, 0.2) is 41.5 Å². The highest BCUT2D eigenvalue weighted by atomic mass is 127. The summed E-state index contributed by atoms with van der Waals surface area (Å²) in [6.07, 6.45) is -11.9. The number of carbonyl (C=O) groups excluding carboxylic acids is 4. The van der Waals surface area contributed by atoms with Gasteiger partial charge in [0.1, 0.15) is 12.2 Å². The van der Waals surface area contributed by atoms with Crippen molar-refractivity contribution in [1.29, 1.82) is 0 Å². The lowest BCUT2D eigenvalue weighted by molar-refractivity contribution is -0.202. The third-order valence-corrected chi connectivity index (χ3v) is 7.25. The molecule has 20 heteroatoms. The molecule has 46 heavy (non-hydrogen) atoms. The zero-order valence-corrected chi connectivity index (χ0v) is 25.0. The van der Waals surface area contributed by atoms with Crippen molar-refractivity contribution < 1.29 is 54.6 Å². The summed E-state index contributed by atoms with van der Waals surface area (Å²) in [5.74, 6) is -8.74. The van der Waals surface area contributed by atoms with E-state index in [1.54, 1.807) is 0 Å². The summed E-state index contributed by atoms with van der Waals surface area (Å²) in [6, 6.07) is 2.92. The molecule has 0 saturated carbocycles. The van der Waals surface area contributed by atoms with Gasteiger partial charge in [-0.15, -0.1) is 0 Å². The lowest BCUT2D eigenvalue weighted by atomic mass is 9.87. The van der Waals surface area contributed by atoms with Crippen molar-refractivity contribution in [2.75, 3.05) is 18.4 Å². The van der Waals surface area contributed by atoms with Gasteiger partial charge in [0.05, 0.1) is 42.5 Å². The summed E-state index contributed by atoms with van der Waals surface area (Å²) in [6.45, 7) is -0.292. The fourth-order valence-electron chi connectivity index (χ4n) is 4.62. The Morgan fingerprint density at radius 3 is 2.35 bits per heavy atom. The zero-order valence-electron chi connectivity index (χ0n) is 22.9. The summed E-state index contributed by atoms with van der Waals surface area (Å²) in [4.78, 5) is 53.1. The maximum absolute atomic E-state index is 13.7. The van der Waals surface area contributed by atoms with Gasteiger partial charge < -0.3 is 26.8 Å². The summed E-state index contributed by atoms with van der Waals surface area (Å²) >= 11 is 1.52. The number of carbonyl (C=O) groups is 4. The highest BCUT2D eigenvalue weighted by molar-refractivity contribution is 14.1. The van der Waals surface area contributed by atoms with Crippen molar-refractivity contribution in [3.63, 3.8) is 0 Å². The standard InChI is InChI=1S/C26H21F7IN7O5/c27-13-7-37-24(38-8-13)40-17-3-11(21(35)43)4-18-16(17)9-39-41(18)20(22(36)44)15(6-19(42)46-23(45)26(31,32)33)10-1-12(25(28,29)30)5-14(34)2-10/h1-5,9,13,15,20H,6-8H2,(H2,35,43)(H2,36,44)(H2,37,38,40)/t15-,20?/m0/s1. The van der Waals surface area contributed by atoms with Crippen LogP contribution in [-0.4, -0.2) is 64.9 Å². The summed E-state index contributed by atoms with van der Waals surface area (Å²) < 4.78 is 97.8. The fourth-order valence-corrected chi connectivity index (χ4v) is 5.31. The number of hydrogen-bond donors (Lipinski definition) is 4. The SMILES string of the molecule is NC(=O)c1cc(NC2=NCC(F)CN2)c2cnn(C(C(N)=O)[C@@H](CC(=O)OC(=O)C(F)(F)F)c3cc(I)cc(C(F)(F)F)c3)c2c1. The number of primary amides is 2. The third-order valence-electron chi connectivity index (χ3n) is 6.63. The molecule has 2 aromatic carbocycles. The molecule has 246 valence electrons. The molecule has 3 aromatic rings. The van der Waals surface area contributed by atoms with E-state index in [2.05, 4.69) is 25.5 Å². The molecule has 0 saturated heterocycles. The number of amides is 2. The van der Waals surface area contributed by atoms with Crippen molar-refractivity contribution in [3.8, 4) is 0 Å². The maximum atomic E-state index is 13.7. The molecule has 0 spiro atoms. The lowest BCUT2D eigenvalue weighted by Gasteiger charge is -2.26. The Morgan fingerprint density at radius 1 is 1.09 bits per heavy atom. The van der Waals surface area contributed by atoms with Gasteiger partial charge in [-0.05, 0) is 58.5 Å². The van der Waals surface area contributed by atoms with Crippen molar-refractivity contribution >= 4 is 68.9 Å².